The van der Waals surface area contributed by atoms with E-state index in [9.17, 15) is 4.79 Å². The van der Waals surface area contributed by atoms with Crippen LogP contribution in [0, 0.1) is 13.8 Å². The molecule has 0 aliphatic carbocycles. The van der Waals surface area contributed by atoms with E-state index < -0.39 is 0 Å². The zero-order chi connectivity index (χ0) is 24.8. The summed E-state index contributed by atoms with van der Waals surface area (Å²) < 4.78 is 5.97. The number of nitrogens with one attached hydrogen (secondary N) is 2. The van der Waals surface area contributed by atoms with Crippen LogP contribution < -0.4 is 10.1 Å². The molecule has 8 nitrogen and oxygen atoms in total. The SMILES string of the molecule is Cc1ccc(Oc2ccc(Nc3ncnc4cc(CCC(=O)C=CCN(C)C)[nH]c34)cc2C)cn1. The zero-order valence-electron chi connectivity index (χ0n) is 20.5. The summed E-state index contributed by atoms with van der Waals surface area (Å²) in [5.41, 5.74) is 5.37. The van der Waals surface area contributed by atoms with Crippen LogP contribution in [0.15, 0.2) is 61.1 Å². The molecular formula is C27H30N6O2. The number of allylic oxidation sites excluding steroid dienone is 1. The Labute approximate surface area is 205 Å². The second kappa shape index (κ2) is 10.9. The fraction of sp³-hybridized carbons (Fsp3) is 0.259. The average Bonchev–Trinajstić information content (AvgIpc) is 3.25. The van der Waals surface area contributed by atoms with Crippen molar-refractivity contribution in [1.29, 1.82) is 0 Å². The molecule has 3 heterocycles. The van der Waals surface area contributed by atoms with Crippen molar-refractivity contribution in [3.05, 3.63) is 78.0 Å². The highest BCUT2D eigenvalue weighted by Crippen LogP contribution is 2.29. The van der Waals surface area contributed by atoms with E-state index in [0.29, 0.717) is 24.4 Å². The predicted octanol–water partition coefficient (Wildman–Crippen LogP) is 5.13. The number of likely N-dealkylation sites (N-methyl/N-ethyl adjacent to an activating group) is 1. The second-order valence-electron chi connectivity index (χ2n) is 8.75. The van der Waals surface area contributed by atoms with Crippen LogP contribution in [0.4, 0.5) is 11.5 Å². The van der Waals surface area contributed by atoms with Crippen LogP contribution >= 0.6 is 0 Å². The van der Waals surface area contributed by atoms with E-state index in [1.165, 1.54) is 6.33 Å². The fourth-order valence-electron chi connectivity index (χ4n) is 3.58. The van der Waals surface area contributed by atoms with Gasteiger partial charge in [-0.3, -0.25) is 9.78 Å². The first-order valence-corrected chi connectivity index (χ1v) is 11.5. The number of H-pyrrole nitrogens is 1. The Morgan fingerprint density at radius 2 is 1.97 bits per heavy atom. The first kappa shape index (κ1) is 24.1. The first-order valence-electron chi connectivity index (χ1n) is 11.5. The lowest BCUT2D eigenvalue weighted by atomic mass is 10.1. The number of nitrogens with zero attached hydrogens (tertiary/aromatic N) is 4. The van der Waals surface area contributed by atoms with E-state index in [1.54, 1.807) is 12.3 Å². The molecule has 0 bridgehead atoms. The van der Waals surface area contributed by atoms with Gasteiger partial charge in [0.2, 0.25) is 0 Å². The van der Waals surface area contributed by atoms with Gasteiger partial charge in [-0.1, -0.05) is 6.08 Å². The summed E-state index contributed by atoms with van der Waals surface area (Å²) in [4.78, 5) is 30.6. The van der Waals surface area contributed by atoms with E-state index in [2.05, 4.69) is 25.3 Å². The Balaban J connectivity index is 1.44. The Kier molecular flexibility index (Phi) is 7.52. The molecule has 3 aromatic heterocycles. The maximum absolute atomic E-state index is 12.1. The normalized spacial score (nSPS) is 11.5. The molecule has 0 fully saturated rings. The summed E-state index contributed by atoms with van der Waals surface area (Å²) in [6.07, 6.45) is 7.84. The van der Waals surface area contributed by atoms with Gasteiger partial charge in [0.15, 0.2) is 11.6 Å². The third kappa shape index (κ3) is 6.51. The number of ether oxygens (including phenoxy) is 1. The van der Waals surface area contributed by atoms with Crippen molar-refractivity contribution in [2.24, 2.45) is 0 Å². The Morgan fingerprint density at radius 3 is 2.71 bits per heavy atom. The standard InChI is InChI=1S/C27H30N6O2/c1-18-14-20(9-12-25(18)35-23-11-7-19(2)28-16-23)32-27-26-24(29-17-30-27)15-21(31-26)8-10-22(34)6-5-13-33(3)4/h5-7,9,11-12,14-17,31H,8,10,13H2,1-4H3,(H,29,30,32). The number of ketones is 1. The molecular weight excluding hydrogens is 440 g/mol. The molecule has 4 aromatic rings. The van der Waals surface area contributed by atoms with E-state index in [0.717, 1.165) is 46.0 Å². The minimum atomic E-state index is 0.106. The van der Waals surface area contributed by atoms with Gasteiger partial charge >= 0.3 is 0 Å². The van der Waals surface area contributed by atoms with E-state index in [4.69, 9.17) is 4.74 Å². The molecule has 0 atom stereocenters. The van der Waals surface area contributed by atoms with Crippen LogP contribution in [-0.4, -0.2) is 51.3 Å². The van der Waals surface area contributed by atoms with Gasteiger partial charge in [0, 0.05) is 30.0 Å². The number of aryl methyl sites for hydroxylation is 3. The molecule has 2 N–H and O–H groups in total. The van der Waals surface area contributed by atoms with Crippen LogP contribution in [0.3, 0.4) is 0 Å². The highest BCUT2D eigenvalue weighted by molar-refractivity contribution is 5.90. The van der Waals surface area contributed by atoms with Crippen molar-refractivity contribution in [3.8, 4) is 11.5 Å². The molecule has 0 aliphatic heterocycles. The first-order chi connectivity index (χ1) is 16.9. The molecule has 4 rings (SSSR count). The summed E-state index contributed by atoms with van der Waals surface area (Å²) in [6, 6.07) is 11.7. The molecule has 0 spiro atoms. The second-order valence-corrected chi connectivity index (χ2v) is 8.75. The number of anilines is 2. The number of hydrogen-bond donors (Lipinski definition) is 2. The minimum Gasteiger partial charge on any atom is -0.455 e. The molecule has 0 radical (unpaired) electrons. The van der Waals surface area contributed by atoms with Gasteiger partial charge in [-0.25, -0.2) is 9.97 Å². The van der Waals surface area contributed by atoms with E-state index in [1.807, 2.05) is 75.3 Å². The topological polar surface area (TPSA) is 96.0 Å². The van der Waals surface area contributed by atoms with Crippen molar-refractivity contribution >= 4 is 28.3 Å². The summed E-state index contributed by atoms with van der Waals surface area (Å²) in [7, 11) is 3.94. The van der Waals surface area contributed by atoms with E-state index >= 15 is 0 Å². The molecule has 180 valence electrons. The summed E-state index contributed by atoms with van der Waals surface area (Å²) in [5, 5.41) is 3.37. The minimum absolute atomic E-state index is 0.106. The molecule has 0 unspecified atom stereocenters. The molecule has 1 aromatic carbocycles. The maximum Gasteiger partial charge on any atom is 0.158 e. The maximum atomic E-state index is 12.1. The Morgan fingerprint density at radius 1 is 1.11 bits per heavy atom. The van der Waals surface area contributed by atoms with Gasteiger partial charge in [0.1, 0.15) is 23.3 Å². The van der Waals surface area contributed by atoms with Crippen LogP contribution in [-0.2, 0) is 11.2 Å². The van der Waals surface area contributed by atoms with Gasteiger partial charge in [0.25, 0.3) is 0 Å². The molecule has 8 heteroatoms. The number of aromatic nitrogens is 4. The third-order valence-corrected chi connectivity index (χ3v) is 5.44. The van der Waals surface area contributed by atoms with Gasteiger partial charge in [-0.15, -0.1) is 0 Å². The number of carbonyl (C=O) groups is 1. The molecule has 35 heavy (non-hydrogen) atoms. The molecule has 0 saturated heterocycles. The highest BCUT2D eigenvalue weighted by Gasteiger charge is 2.11. The number of carbonyl (C=O) groups excluding carboxylic acids is 1. The smallest absolute Gasteiger partial charge is 0.158 e. The quantitative estimate of drug-likeness (QED) is 0.310. The lowest BCUT2D eigenvalue weighted by Crippen LogP contribution is -2.11. The van der Waals surface area contributed by atoms with Crippen LogP contribution in [0.2, 0.25) is 0 Å². The van der Waals surface area contributed by atoms with Crippen molar-refractivity contribution in [2.45, 2.75) is 26.7 Å². The van der Waals surface area contributed by atoms with Gasteiger partial charge < -0.3 is 19.9 Å². The van der Waals surface area contributed by atoms with Crippen molar-refractivity contribution in [1.82, 2.24) is 24.8 Å². The van der Waals surface area contributed by atoms with Gasteiger partial charge in [-0.2, -0.15) is 0 Å². The lowest BCUT2D eigenvalue weighted by Gasteiger charge is -2.12. The molecule has 0 saturated carbocycles. The fourth-order valence-corrected chi connectivity index (χ4v) is 3.58. The molecule has 0 aliphatic rings. The number of rotatable bonds is 10. The third-order valence-electron chi connectivity index (χ3n) is 5.44. The molecule has 0 amide bonds. The van der Waals surface area contributed by atoms with Gasteiger partial charge in [0.05, 0.1) is 11.7 Å². The van der Waals surface area contributed by atoms with E-state index in [-0.39, 0.29) is 5.78 Å². The largest absolute Gasteiger partial charge is 0.455 e. The zero-order valence-corrected chi connectivity index (χ0v) is 20.5. The summed E-state index contributed by atoms with van der Waals surface area (Å²) in [6.45, 7) is 4.68. The number of pyridine rings is 1. The summed E-state index contributed by atoms with van der Waals surface area (Å²) in [5.74, 6) is 2.24. The van der Waals surface area contributed by atoms with Gasteiger partial charge in [-0.05, 0) is 82.4 Å². The number of hydrogen-bond acceptors (Lipinski definition) is 7. The Bertz CT molecular complexity index is 1340. The summed E-state index contributed by atoms with van der Waals surface area (Å²) >= 11 is 0. The van der Waals surface area contributed by atoms with Crippen LogP contribution in [0.1, 0.15) is 23.4 Å². The predicted molar refractivity (Wildman–Crippen MR) is 138 cm³/mol. The number of benzene rings is 1. The lowest BCUT2D eigenvalue weighted by molar-refractivity contribution is -0.114. The number of fused-ring (bicyclic) bond motifs is 1. The van der Waals surface area contributed by atoms with Crippen molar-refractivity contribution in [3.63, 3.8) is 0 Å². The van der Waals surface area contributed by atoms with Crippen molar-refractivity contribution < 1.29 is 9.53 Å². The van der Waals surface area contributed by atoms with Crippen LogP contribution in [0.25, 0.3) is 11.0 Å². The van der Waals surface area contributed by atoms with Crippen LogP contribution in [0.5, 0.6) is 11.5 Å². The monoisotopic (exact) mass is 470 g/mol. The number of aromatic amines is 1. The highest BCUT2D eigenvalue weighted by atomic mass is 16.5. The van der Waals surface area contributed by atoms with Crippen molar-refractivity contribution in [2.75, 3.05) is 26.0 Å². The average molecular weight is 471 g/mol. The Hall–Kier alpha value is -4.04.